The van der Waals surface area contributed by atoms with Crippen molar-refractivity contribution in [1.82, 2.24) is 19.6 Å². The molecule has 2 amide bonds. The van der Waals surface area contributed by atoms with Gasteiger partial charge in [0.15, 0.2) is 0 Å². The zero-order valence-corrected chi connectivity index (χ0v) is 15.6. The van der Waals surface area contributed by atoms with Crippen LogP contribution in [0.5, 0.6) is 0 Å². The Labute approximate surface area is 161 Å². The Morgan fingerprint density at radius 1 is 0.963 bits per heavy atom. The summed E-state index contributed by atoms with van der Waals surface area (Å²) in [4.78, 5) is 28.9. The molecule has 0 spiro atoms. The maximum Gasteiger partial charge on any atom is 0.257 e. The summed E-state index contributed by atoms with van der Waals surface area (Å²) < 4.78 is 15.1. The maximum absolute atomic E-state index is 13.2. The number of rotatable bonds is 2. The lowest BCUT2D eigenvalue weighted by Gasteiger charge is -2.35. The molecule has 1 aromatic heterocycles. The summed E-state index contributed by atoms with van der Waals surface area (Å²) >= 11 is 6.00. The smallest absolute Gasteiger partial charge is 0.257 e. The lowest BCUT2D eigenvalue weighted by molar-refractivity contribution is 0.0534. The standard InChI is InChI=1S/C19H20ClFN4O2/c20-16-11-13(21)4-5-14(16)18(26)23-7-9-24(10-8-23)19(27)15-12-22-25-6-2-1-3-17(15)25/h4-5,11-12H,1-3,6-10H2. The molecule has 0 aliphatic carbocycles. The molecule has 4 rings (SSSR count). The van der Waals surface area contributed by atoms with Crippen LogP contribution in [0.3, 0.4) is 0 Å². The molecular weight excluding hydrogens is 371 g/mol. The van der Waals surface area contributed by atoms with Gasteiger partial charge < -0.3 is 9.80 Å². The molecule has 142 valence electrons. The summed E-state index contributed by atoms with van der Waals surface area (Å²) in [7, 11) is 0. The number of hydrogen-bond acceptors (Lipinski definition) is 3. The highest BCUT2D eigenvalue weighted by Gasteiger charge is 2.29. The van der Waals surface area contributed by atoms with Crippen LogP contribution in [0.1, 0.15) is 39.3 Å². The second-order valence-electron chi connectivity index (χ2n) is 6.89. The molecule has 0 bridgehead atoms. The summed E-state index contributed by atoms with van der Waals surface area (Å²) in [6.45, 7) is 2.61. The maximum atomic E-state index is 13.2. The summed E-state index contributed by atoms with van der Waals surface area (Å²) in [6, 6.07) is 3.76. The first-order chi connectivity index (χ1) is 13.0. The minimum absolute atomic E-state index is 0.0231. The number of nitrogens with zero attached hydrogens (tertiary/aromatic N) is 4. The fourth-order valence-electron chi connectivity index (χ4n) is 3.72. The van der Waals surface area contributed by atoms with Gasteiger partial charge in [0.2, 0.25) is 0 Å². The van der Waals surface area contributed by atoms with E-state index in [0.717, 1.165) is 37.6 Å². The van der Waals surface area contributed by atoms with Gasteiger partial charge in [0.05, 0.1) is 28.0 Å². The topological polar surface area (TPSA) is 58.4 Å². The van der Waals surface area contributed by atoms with E-state index < -0.39 is 5.82 Å². The molecule has 1 saturated heterocycles. The van der Waals surface area contributed by atoms with E-state index in [1.54, 1.807) is 16.0 Å². The van der Waals surface area contributed by atoms with Crippen molar-refractivity contribution in [2.75, 3.05) is 26.2 Å². The fourth-order valence-corrected chi connectivity index (χ4v) is 3.96. The number of aromatic nitrogens is 2. The first kappa shape index (κ1) is 18.0. The highest BCUT2D eigenvalue weighted by Crippen LogP contribution is 2.22. The summed E-state index contributed by atoms with van der Waals surface area (Å²) in [5, 5.41) is 4.43. The number of piperazine rings is 1. The summed E-state index contributed by atoms with van der Waals surface area (Å²) in [6.07, 6.45) is 4.71. The van der Waals surface area contributed by atoms with Gasteiger partial charge >= 0.3 is 0 Å². The second kappa shape index (κ2) is 7.31. The van der Waals surface area contributed by atoms with Gasteiger partial charge in [-0.15, -0.1) is 0 Å². The molecule has 2 aliphatic heterocycles. The van der Waals surface area contributed by atoms with Crippen LogP contribution in [0.25, 0.3) is 0 Å². The van der Waals surface area contributed by atoms with Crippen molar-refractivity contribution in [1.29, 1.82) is 0 Å². The van der Waals surface area contributed by atoms with Gasteiger partial charge in [0.1, 0.15) is 5.82 Å². The third-order valence-corrected chi connectivity index (χ3v) is 5.54. The first-order valence-corrected chi connectivity index (χ1v) is 9.50. The molecular formula is C19H20ClFN4O2. The van der Waals surface area contributed by atoms with Crippen LogP contribution >= 0.6 is 11.6 Å². The molecule has 0 N–H and O–H groups in total. The zero-order chi connectivity index (χ0) is 19.0. The van der Waals surface area contributed by atoms with E-state index in [-0.39, 0.29) is 22.4 Å². The van der Waals surface area contributed by atoms with E-state index in [0.29, 0.717) is 31.7 Å². The fraction of sp³-hybridized carbons (Fsp3) is 0.421. The number of carbonyl (C=O) groups is 2. The largest absolute Gasteiger partial charge is 0.335 e. The average molecular weight is 391 g/mol. The number of amides is 2. The zero-order valence-electron chi connectivity index (χ0n) is 14.8. The van der Waals surface area contributed by atoms with Gasteiger partial charge in [-0.3, -0.25) is 14.3 Å². The van der Waals surface area contributed by atoms with Gasteiger partial charge in [0.25, 0.3) is 11.8 Å². The Bertz CT molecular complexity index is 890. The van der Waals surface area contributed by atoms with Crippen molar-refractivity contribution in [3.8, 4) is 0 Å². The molecule has 8 heteroatoms. The average Bonchev–Trinajstić information content (AvgIpc) is 3.11. The molecule has 2 aromatic rings. The predicted octanol–water partition coefficient (Wildman–Crippen LogP) is 2.61. The van der Waals surface area contributed by atoms with E-state index in [1.807, 2.05) is 4.68 Å². The lowest BCUT2D eigenvalue weighted by Crippen LogP contribution is -2.50. The molecule has 1 aromatic carbocycles. The van der Waals surface area contributed by atoms with Gasteiger partial charge in [-0.2, -0.15) is 5.10 Å². The van der Waals surface area contributed by atoms with Crippen molar-refractivity contribution in [2.24, 2.45) is 0 Å². The van der Waals surface area contributed by atoms with Gasteiger partial charge in [-0.05, 0) is 37.5 Å². The highest BCUT2D eigenvalue weighted by atomic mass is 35.5. The summed E-state index contributed by atoms with van der Waals surface area (Å²) in [5.74, 6) is -0.739. The Morgan fingerprint density at radius 3 is 2.30 bits per heavy atom. The van der Waals surface area contributed by atoms with Crippen molar-refractivity contribution in [3.63, 3.8) is 0 Å². The molecule has 0 unspecified atom stereocenters. The number of aryl methyl sites for hydroxylation is 1. The normalized spacial score (nSPS) is 17.0. The predicted molar refractivity (Wildman–Crippen MR) is 98.4 cm³/mol. The summed E-state index contributed by atoms with van der Waals surface area (Å²) in [5.41, 5.74) is 1.97. The van der Waals surface area contributed by atoms with E-state index >= 15 is 0 Å². The molecule has 6 nitrogen and oxygen atoms in total. The molecule has 2 aliphatic rings. The second-order valence-corrected chi connectivity index (χ2v) is 7.30. The number of carbonyl (C=O) groups excluding carboxylic acids is 2. The highest BCUT2D eigenvalue weighted by molar-refractivity contribution is 6.33. The Kier molecular flexibility index (Phi) is 4.86. The van der Waals surface area contributed by atoms with Crippen LogP contribution in [0.4, 0.5) is 4.39 Å². The van der Waals surface area contributed by atoms with Crippen LogP contribution in [0, 0.1) is 5.82 Å². The Morgan fingerprint density at radius 2 is 1.63 bits per heavy atom. The van der Waals surface area contributed by atoms with Gasteiger partial charge in [-0.1, -0.05) is 11.6 Å². The Balaban J connectivity index is 1.42. The van der Waals surface area contributed by atoms with E-state index in [1.165, 1.54) is 12.1 Å². The van der Waals surface area contributed by atoms with Crippen molar-refractivity contribution in [2.45, 2.75) is 25.8 Å². The molecule has 27 heavy (non-hydrogen) atoms. The molecule has 3 heterocycles. The van der Waals surface area contributed by atoms with E-state index in [2.05, 4.69) is 5.10 Å². The van der Waals surface area contributed by atoms with Crippen LogP contribution in [0.15, 0.2) is 24.4 Å². The third kappa shape index (κ3) is 3.43. The van der Waals surface area contributed by atoms with Crippen LogP contribution in [-0.2, 0) is 13.0 Å². The van der Waals surface area contributed by atoms with Crippen LogP contribution in [0.2, 0.25) is 5.02 Å². The number of hydrogen-bond donors (Lipinski definition) is 0. The van der Waals surface area contributed by atoms with E-state index in [9.17, 15) is 14.0 Å². The van der Waals surface area contributed by atoms with Crippen molar-refractivity contribution >= 4 is 23.4 Å². The third-order valence-electron chi connectivity index (χ3n) is 5.23. The van der Waals surface area contributed by atoms with Gasteiger partial charge in [-0.25, -0.2) is 4.39 Å². The SMILES string of the molecule is O=C(c1ccc(F)cc1Cl)N1CCN(C(=O)c2cnn3c2CCCC3)CC1. The minimum atomic E-state index is -0.475. The lowest BCUT2D eigenvalue weighted by atomic mass is 10.1. The molecule has 0 radical (unpaired) electrons. The number of benzene rings is 1. The number of halogens is 2. The Hall–Kier alpha value is -2.41. The monoisotopic (exact) mass is 390 g/mol. The van der Waals surface area contributed by atoms with Crippen LogP contribution < -0.4 is 0 Å². The first-order valence-electron chi connectivity index (χ1n) is 9.13. The molecule has 0 atom stereocenters. The van der Waals surface area contributed by atoms with E-state index in [4.69, 9.17) is 11.6 Å². The van der Waals surface area contributed by atoms with Crippen molar-refractivity contribution in [3.05, 3.63) is 52.1 Å². The van der Waals surface area contributed by atoms with Crippen LogP contribution in [-0.4, -0.2) is 57.6 Å². The van der Waals surface area contributed by atoms with Gasteiger partial charge in [0, 0.05) is 32.7 Å². The number of fused-ring (bicyclic) bond motifs is 1. The van der Waals surface area contributed by atoms with Crippen molar-refractivity contribution < 1.29 is 14.0 Å². The minimum Gasteiger partial charge on any atom is -0.335 e. The molecule has 1 fully saturated rings. The molecule has 0 saturated carbocycles. The quantitative estimate of drug-likeness (QED) is 0.792.